The number of anilines is 1. The molecule has 2 aliphatic heterocycles. The zero-order valence-electron chi connectivity index (χ0n) is 20.3. The monoisotopic (exact) mass is 480 g/mol. The van der Waals surface area contributed by atoms with Crippen LogP contribution >= 0.6 is 0 Å². The largest absolute Gasteiger partial charge is 0.486 e. The van der Waals surface area contributed by atoms with Gasteiger partial charge in [0.2, 0.25) is 0 Å². The summed E-state index contributed by atoms with van der Waals surface area (Å²) in [6, 6.07) is 7.11. The summed E-state index contributed by atoms with van der Waals surface area (Å²) < 4.78 is 35.2. The molecular weight excluding hydrogens is 450 g/mol. The molecule has 7 nitrogen and oxygen atoms in total. The highest BCUT2D eigenvalue weighted by Gasteiger charge is 2.26. The summed E-state index contributed by atoms with van der Waals surface area (Å²) in [5.74, 6) is -0.113. The number of piperidine rings is 1. The molecule has 184 valence electrons. The molecule has 9 heteroatoms. The number of benzene rings is 1. The van der Waals surface area contributed by atoms with Crippen molar-refractivity contribution in [2.45, 2.75) is 45.1 Å². The van der Waals surface area contributed by atoms with Gasteiger partial charge in [0.05, 0.1) is 36.2 Å². The third-order valence-corrected chi connectivity index (χ3v) is 6.82. The van der Waals surface area contributed by atoms with Crippen molar-refractivity contribution >= 4 is 5.69 Å². The van der Waals surface area contributed by atoms with Crippen LogP contribution in [-0.2, 0) is 6.42 Å². The number of aromatic nitrogens is 4. The molecule has 0 spiro atoms. The van der Waals surface area contributed by atoms with Crippen molar-refractivity contribution in [3.63, 3.8) is 0 Å². The summed E-state index contributed by atoms with van der Waals surface area (Å²) in [6.45, 7) is 7.22. The minimum atomic E-state index is -0.607. The SMILES string of the molecule is CC(C)N1CCOc2c(F)cc(-c3nc(Cc4ccc(C5CCN(C)CC5)nn4)ncc3F)cc21. The van der Waals surface area contributed by atoms with Crippen molar-refractivity contribution in [2.75, 3.05) is 38.2 Å². The fraction of sp³-hybridized carbons (Fsp3) is 0.462. The predicted octanol–water partition coefficient (Wildman–Crippen LogP) is 4.22. The van der Waals surface area contributed by atoms with Crippen LogP contribution in [-0.4, -0.2) is 64.4 Å². The Morgan fingerprint density at radius 2 is 1.86 bits per heavy atom. The van der Waals surface area contributed by atoms with E-state index in [9.17, 15) is 8.78 Å². The third-order valence-electron chi connectivity index (χ3n) is 6.82. The zero-order valence-corrected chi connectivity index (χ0v) is 20.3. The van der Waals surface area contributed by atoms with Crippen LogP contribution in [0.25, 0.3) is 11.3 Å². The number of nitrogens with zero attached hydrogens (tertiary/aromatic N) is 6. The molecule has 0 N–H and O–H groups in total. The summed E-state index contributed by atoms with van der Waals surface area (Å²) >= 11 is 0. The van der Waals surface area contributed by atoms with Crippen LogP contribution in [0.2, 0.25) is 0 Å². The lowest BCUT2D eigenvalue weighted by Crippen LogP contribution is -2.38. The smallest absolute Gasteiger partial charge is 0.178 e. The third kappa shape index (κ3) is 4.96. The van der Waals surface area contributed by atoms with Gasteiger partial charge in [0.15, 0.2) is 17.4 Å². The molecule has 0 unspecified atom stereocenters. The summed E-state index contributed by atoms with van der Waals surface area (Å²) in [7, 11) is 2.13. The molecule has 35 heavy (non-hydrogen) atoms. The lowest BCUT2D eigenvalue weighted by atomic mass is 9.93. The second kappa shape index (κ2) is 9.81. The Labute approximate surface area is 204 Å². The molecule has 0 atom stereocenters. The number of hydrogen-bond donors (Lipinski definition) is 0. The first kappa shape index (κ1) is 23.5. The van der Waals surface area contributed by atoms with Crippen molar-refractivity contribution in [2.24, 2.45) is 0 Å². The van der Waals surface area contributed by atoms with E-state index in [0.717, 1.165) is 37.8 Å². The Kier molecular flexibility index (Phi) is 6.60. The first-order chi connectivity index (χ1) is 16.9. The average molecular weight is 481 g/mol. The number of ether oxygens (including phenoxy) is 1. The van der Waals surface area contributed by atoms with Crippen molar-refractivity contribution < 1.29 is 13.5 Å². The number of fused-ring (bicyclic) bond motifs is 1. The van der Waals surface area contributed by atoms with Gasteiger partial charge >= 0.3 is 0 Å². The van der Waals surface area contributed by atoms with E-state index in [2.05, 4.69) is 32.1 Å². The number of rotatable bonds is 5. The van der Waals surface area contributed by atoms with Crippen LogP contribution in [0, 0.1) is 11.6 Å². The van der Waals surface area contributed by atoms with Crippen molar-refractivity contribution in [1.82, 2.24) is 25.1 Å². The fourth-order valence-electron chi connectivity index (χ4n) is 4.81. The maximum Gasteiger partial charge on any atom is 0.178 e. The minimum absolute atomic E-state index is 0.0573. The molecule has 2 aliphatic rings. The second-order valence-electron chi connectivity index (χ2n) is 9.63. The predicted molar refractivity (Wildman–Crippen MR) is 130 cm³/mol. The molecule has 3 aromatic rings. The van der Waals surface area contributed by atoms with Gasteiger partial charge < -0.3 is 14.5 Å². The molecule has 1 aromatic carbocycles. The molecule has 0 aliphatic carbocycles. The van der Waals surface area contributed by atoms with Gasteiger partial charge in [0, 0.05) is 17.5 Å². The van der Waals surface area contributed by atoms with Gasteiger partial charge in [0.25, 0.3) is 0 Å². The summed E-state index contributed by atoms with van der Waals surface area (Å²) in [4.78, 5) is 12.9. The molecule has 5 rings (SSSR count). The zero-order chi connectivity index (χ0) is 24.5. The van der Waals surface area contributed by atoms with Crippen molar-refractivity contribution in [3.05, 3.63) is 59.3 Å². The first-order valence-electron chi connectivity index (χ1n) is 12.1. The molecular formula is C26H30F2N6O. The van der Waals surface area contributed by atoms with Crippen LogP contribution in [0.1, 0.15) is 49.8 Å². The van der Waals surface area contributed by atoms with Gasteiger partial charge in [0.1, 0.15) is 18.1 Å². The van der Waals surface area contributed by atoms with E-state index in [1.807, 2.05) is 30.9 Å². The fourth-order valence-corrected chi connectivity index (χ4v) is 4.81. The molecule has 1 saturated heterocycles. The first-order valence-corrected chi connectivity index (χ1v) is 12.1. The highest BCUT2D eigenvalue weighted by Crippen LogP contribution is 2.39. The maximum absolute atomic E-state index is 14.9. The molecule has 1 fully saturated rings. The van der Waals surface area contributed by atoms with Crippen LogP contribution in [0.3, 0.4) is 0 Å². The van der Waals surface area contributed by atoms with E-state index < -0.39 is 11.6 Å². The van der Waals surface area contributed by atoms with Crippen molar-refractivity contribution in [3.8, 4) is 17.0 Å². The summed E-state index contributed by atoms with van der Waals surface area (Å²) in [5, 5.41) is 8.81. The quantitative estimate of drug-likeness (QED) is 0.542. The average Bonchev–Trinajstić information content (AvgIpc) is 2.86. The summed E-state index contributed by atoms with van der Waals surface area (Å²) in [5.41, 5.74) is 2.72. The second-order valence-corrected chi connectivity index (χ2v) is 9.63. The van der Waals surface area contributed by atoms with Crippen LogP contribution in [0.5, 0.6) is 5.75 Å². The molecule has 4 heterocycles. The number of hydrogen-bond acceptors (Lipinski definition) is 7. The Balaban J connectivity index is 1.39. The van der Waals surface area contributed by atoms with Gasteiger partial charge in [-0.1, -0.05) is 0 Å². The number of halogens is 2. The van der Waals surface area contributed by atoms with Gasteiger partial charge in [-0.05, 0) is 71.1 Å². The van der Waals surface area contributed by atoms with Gasteiger partial charge in [-0.25, -0.2) is 18.7 Å². The van der Waals surface area contributed by atoms with Gasteiger partial charge in [-0.2, -0.15) is 10.2 Å². The summed E-state index contributed by atoms with van der Waals surface area (Å²) in [6.07, 6.45) is 3.59. The lowest BCUT2D eigenvalue weighted by Gasteiger charge is -2.34. The minimum Gasteiger partial charge on any atom is -0.486 e. The van der Waals surface area contributed by atoms with Crippen molar-refractivity contribution in [1.29, 1.82) is 0 Å². The molecule has 2 aromatic heterocycles. The highest BCUT2D eigenvalue weighted by atomic mass is 19.1. The van der Waals surface area contributed by atoms with E-state index >= 15 is 0 Å². The topological polar surface area (TPSA) is 67.3 Å². The van der Waals surface area contributed by atoms with E-state index in [1.165, 1.54) is 6.07 Å². The van der Waals surface area contributed by atoms with E-state index in [-0.39, 0.29) is 17.5 Å². The maximum atomic E-state index is 14.9. The van der Waals surface area contributed by atoms with Gasteiger partial charge in [-0.3, -0.25) is 0 Å². The number of likely N-dealkylation sites (tertiary alicyclic amines) is 1. The molecule has 0 radical (unpaired) electrons. The standard InChI is InChI=1S/C26H30F2N6O/c1-16(2)34-10-11-35-26-20(27)12-18(13-23(26)34)25-21(28)15-29-24(30-25)14-19-4-5-22(32-31-19)17-6-8-33(3)9-7-17/h4-5,12-13,15-17H,6-11,14H2,1-3H3. The van der Waals surface area contributed by atoms with E-state index in [4.69, 9.17) is 4.74 Å². The van der Waals surface area contributed by atoms with E-state index in [1.54, 1.807) is 6.07 Å². The van der Waals surface area contributed by atoms with E-state index in [0.29, 0.717) is 48.3 Å². The van der Waals surface area contributed by atoms with Crippen LogP contribution < -0.4 is 9.64 Å². The lowest BCUT2D eigenvalue weighted by molar-refractivity contribution is 0.253. The van der Waals surface area contributed by atoms with Crippen LogP contribution in [0.4, 0.5) is 14.5 Å². The van der Waals surface area contributed by atoms with Gasteiger partial charge in [-0.15, -0.1) is 0 Å². The van der Waals surface area contributed by atoms with Crippen LogP contribution in [0.15, 0.2) is 30.5 Å². The Morgan fingerprint density at radius 3 is 2.57 bits per heavy atom. The Hall–Kier alpha value is -3.20. The normalized spacial score (nSPS) is 16.9. The highest BCUT2D eigenvalue weighted by molar-refractivity contribution is 5.72. The molecule has 0 bridgehead atoms. The Morgan fingerprint density at radius 1 is 1.06 bits per heavy atom. The molecule has 0 amide bonds. The Bertz CT molecular complexity index is 1200. The molecule has 0 saturated carbocycles.